The van der Waals surface area contributed by atoms with Crippen LogP contribution in [0, 0.1) is 20.0 Å². The van der Waals surface area contributed by atoms with E-state index in [1.54, 1.807) is 0 Å². The van der Waals surface area contributed by atoms with Gasteiger partial charge in [-0.2, -0.15) is 20.0 Å². The Bertz CT molecular complexity index is 899. The fourth-order valence-electron chi connectivity index (χ4n) is 4.33. The summed E-state index contributed by atoms with van der Waals surface area (Å²) in [6.07, 6.45) is 0. The van der Waals surface area contributed by atoms with Crippen molar-refractivity contribution in [3.63, 3.8) is 0 Å². The molecule has 0 aromatic heterocycles. The zero-order valence-electron chi connectivity index (χ0n) is 21.5. The Morgan fingerprint density at radius 1 is 0.417 bits per heavy atom. The van der Waals surface area contributed by atoms with Gasteiger partial charge in [0.15, 0.2) is 0 Å². The van der Waals surface area contributed by atoms with E-state index in [0.717, 1.165) is 0 Å². The summed E-state index contributed by atoms with van der Waals surface area (Å²) in [5, 5.41) is 0. The van der Waals surface area contributed by atoms with Gasteiger partial charge in [-0.05, 0) is 78.7 Å². The molecule has 3 aliphatic rings. The molecule has 3 aromatic carbocycles. The van der Waals surface area contributed by atoms with Crippen LogP contribution in [-0.2, 0) is 15.1 Å². The van der Waals surface area contributed by atoms with Crippen molar-refractivity contribution in [3.8, 4) is 0 Å². The van der Waals surface area contributed by atoms with E-state index in [2.05, 4.69) is 164 Å². The first-order chi connectivity index (χ1) is 17.3. The van der Waals surface area contributed by atoms with Crippen molar-refractivity contribution >= 4 is 53.5 Å². The summed E-state index contributed by atoms with van der Waals surface area (Å²) in [5.41, 5.74) is 7.64. The predicted octanol–water partition coefficient (Wildman–Crippen LogP) is 6.45. The zero-order chi connectivity index (χ0) is 26.2. The zero-order valence-corrected chi connectivity index (χ0v) is 24.7. The number of nitrogens with zero attached hydrogens (tertiary/aromatic N) is 6. The topological polar surface area (TPSA) is 19.4 Å². The molecule has 36 heavy (non-hydrogen) atoms. The fourth-order valence-corrected chi connectivity index (χ4v) is 4.33. The van der Waals surface area contributed by atoms with Crippen LogP contribution in [0.5, 0.6) is 0 Å². The number of hydrogen-bond acceptors (Lipinski definition) is 6. The second-order valence-electron chi connectivity index (χ2n) is 8.53. The van der Waals surface area contributed by atoms with Gasteiger partial charge in [0.25, 0.3) is 0 Å². The Morgan fingerprint density at radius 3 is 0.694 bits per heavy atom. The van der Waals surface area contributed by atoms with Gasteiger partial charge in [-0.15, -0.1) is 0 Å². The molecule has 0 saturated heterocycles. The van der Waals surface area contributed by atoms with Crippen LogP contribution < -0.4 is 29.4 Å². The van der Waals surface area contributed by atoms with Crippen LogP contribution >= 0.6 is 19.4 Å². The molecule has 0 amide bonds. The molecule has 6 rings (SSSR count). The molecule has 0 bridgehead atoms. The van der Waals surface area contributed by atoms with E-state index < -0.39 is 0 Å². The molecule has 196 valence electrons. The Balaban J connectivity index is 0.000000143. The molecule has 0 N–H and O–H groups in total. The third kappa shape index (κ3) is 6.70. The monoisotopic (exact) mass is 613 g/mol. The minimum atomic E-state index is -0.346. The summed E-state index contributed by atoms with van der Waals surface area (Å²) < 4.78 is 0. The van der Waals surface area contributed by atoms with E-state index in [9.17, 15) is 0 Å². The average Bonchev–Trinajstić information content (AvgIpc) is 3.46. The van der Waals surface area contributed by atoms with Gasteiger partial charge in [-0.3, -0.25) is 0 Å². The molecular formula is C27H33Cl2N6Ru-3. The van der Waals surface area contributed by atoms with E-state index >= 15 is 0 Å². The molecule has 0 fully saturated rings. The number of halogens is 2. The van der Waals surface area contributed by atoms with Crippen LogP contribution in [0.1, 0.15) is 0 Å². The van der Waals surface area contributed by atoms with E-state index in [1.165, 1.54) is 34.1 Å². The van der Waals surface area contributed by atoms with E-state index in [4.69, 9.17) is 19.4 Å². The van der Waals surface area contributed by atoms with Gasteiger partial charge in [0.05, 0.1) is 0 Å². The number of rotatable bonds is 0. The van der Waals surface area contributed by atoms with Gasteiger partial charge in [0.2, 0.25) is 0 Å². The summed E-state index contributed by atoms with van der Waals surface area (Å²) >= 11 is -0.346. The van der Waals surface area contributed by atoms with Crippen LogP contribution in [0.25, 0.3) is 0 Å². The van der Waals surface area contributed by atoms with Crippen molar-refractivity contribution in [3.05, 3.63) is 92.8 Å². The van der Waals surface area contributed by atoms with Gasteiger partial charge in [0, 0.05) is 34.1 Å². The van der Waals surface area contributed by atoms with E-state index in [1.807, 2.05) is 0 Å². The average molecular weight is 614 g/mol. The number of benzene rings is 3. The maximum atomic E-state index is 4.85. The molecule has 6 nitrogen and oxygen atoms in total. The number of para-hydroxylation sites is 6. The van der Waals surface area contributed by atoms with Crippen molar-refractivity contribution in [2.24, 2.45) is 0 Å². The molecule has 3 aromatic rings. The van der Waals surface area contributed by atoms with Crippen LogP contribution in [0.15, 0.2) is 72.8 Å². The molecule has 0 atom stereocenters. The Kier molecular flexibility index (Phi) is 10.4. The molecule has 0 aliphatic carbocycles. The van der Waals surface area contributed by atoms with Gasteiger partial charge >= 0.3 is 34.5 Å². The Labute approximate surface area is 232 Å². The third-order valence-corrected chi connectivity index (χ3v) is 5.96. The molecule has 0 spiro atoms. The first kappa shape index (κ1) is 28.2. The fraction of sp³-hybridized carbons (Fsp3) is 0.222. The minimum absolute atomic E-state index is 0.346. The number of hydrogen-bond donors (Lipinski definition) is 0. The summed E-state index contributed by atoms with van der Waals surface area (Å²) in [6, 6.07) is 25.1. The first-order valence-electron chi connectivity index (χ1n) is 11.3. The third-order valence-electron chi connectivity index (χ3n) is 5.96. The molecule has 3 aliphatic heterocycles. The quantitative estimate of drug-likeness (QED) is 0.213. The summed E-state index contributed by atoms with van der Waals surface area (Å²) in [4.78, 5) is 12.7. The van der Waals surface area contributed by atoms with Gasteiger partial charge in [0.1, 0.15) is 0 Å². The van der Waals surface area contributed by atoms with E-state index in [0.29, 0.717) is 0 Å². The van der Waals surface area contributed by atoms with E-state index in [-0.39, 0.29) is 15.1 Å². The van der Waals surface area contributed by atoms with Crippen molar-refractivity contribution in [2.45, 2.75) is 0 Å². The van der Waals surface area contributed by atoms with Gasteiger partial charge < -0.3 is 29.4 Å². The Hall–Kier alpha value is -2.34. The molecular weight excluding hydrogens is 580 g/mol. The van der Waals surface area contributed by atoms with Crippen molar-refractivity contribution < 1.29 is 15.1 Å². The van der Waals surface area contributed by atoms with Crippen molar-refractivity contribution in [1.82, 2.24) is 0 Å². The first-order valence-corrected chi connectivity index (χ1v) is 15.8. The molecule has 3 heterocycles. The number of fused-ring (bicyclic) bond motifs is 3. The normalized spacial score (nSPS) is 14.8. The molecule has 9 heteroatoms. The Morgan fingerprint density at radius 2 is 0.556 bits per heavy atom. The van der Waals surface area contributed by atoms with Gasteiger partial charge in [-0.25, -0.2) is 0 Å². The summed E-state index contributed by atoms with van der Waals surface area (Å²) in [7, 11) is 22.1. The second-order valence-corrected chi connectivity index (χ2v) is 11.2. The van der Waals surface area contributed by atoms with Crippen molar-refractivity contribution in [1.29, 1.82) is 0 Å². The molecule has 0 unspecified atom stereocenters. The van der Waals surface area contributed by atoms with Crippen LogP contribution in [-0.4, -0.2) is 42.3 Å². The predicted molar refractivity (Wildman–Crippen MR) is 154 cm³/mol. The summed E-state index contributed by atoms with van der Waals surface area (Å²) in [6.45, 7) is 6.22. The van der Waals surface area contributed by atoms with Crippen LogP contribution in [0.2, 0.25) is 0 Å². The van der Waals surface area contributed by atoms with Crippen LogP contribution in [0.3, 0.4) is 0 Å². The number of anilines is 6. The SMILES string of the molecule is CN1[CH-]N(C)c2ccccc21.CN1[CH-]N(C)c2ccccc21.CN1[CH-]N(C)c2ccccc21.[Cl][Ru][Cl]. The van der Waals surface area contributed by atoms with Crippen LogP contribution in [0.4, 0.5) is 34.1 Å². The second kappa shape index (κ2) is 13.3. The summed E-state index contributed by atoms with van der Waals surface area (Å²) in [5.74, 6) is 0. The molecule has 0 radical (unpaired) electrons. The molecule has 0 saturated carbocycles. The van der Waals surface area contributed by atoms with Crippen molar-refractivity contribution in [2.75, 3.05) is 71.7 Å². The standard InChI is InChI=1S/3C9H11N2.2ClH.Ru/c3*1-10-7-11(2)9-6-4-3-5-8(9)10;;;/h3*3-7H,1-2H3;2*1H;/q3*-1;;;+2/p-2. The van der Waals surface area contributed by atoms with Gasteiger partial charge in [-0.1, -0.05) is 36.4 Å². The maximum absolute atomic E-state index is 4.85.